The normalized spacial score (nSPS) is 16.2. The number of aliphatic carboxylic acids is 1. The molecule has 1 aliphatic rings. The number of halogens is 4. The Morgan fingerprint density at radius 3 is 2.55 bits per heavy atom. The molecule has 0 aliphatic carbocycles. The number of aromatic nitrogens is 1. The predicted octanol–water partition coefficient (Wildman–Crippen LogP) is 6.32. The third kappa shape index (κ3) is 6.32. The van der Waals surface area contributed by atoms with Gasteiger partial charge in [-0.3, -0.25) is 9.78 Å². The van der Waals surface area contributed by atoms with Crippen molar-refractivity contribution in [3.63, 3.8) is 0 Å². The average molecular weight is 562 g/mol. The fourth-order valence-corrected chi connectivity index (χ4v) is 5.60. The third-order valence-corrected chi connectivity index (χ3v) is 8.02. The Bertz CT molecular complexity index is 1360. The number of fused-ring (bicyclic) bond motifs is 1. The highest BCUT2D eigenvalue weighted by Gasteiger charge is 2.42. The first-order chi connectivity index (χ1) is 19.0. The molecule has 216 valence electrons. The highest BCUT2D eigenvalue weighted by molar-refractivity contribution is 5.88. The monoisotopic (exact) mass is 561 g/mol. The minimum Gasteiger partial charge on any atom is -0.497 e. The second-order valence-electron chi connectivity index (χ2n) is 10.7. The van der Waals surface area contributed by atoms with Gasteiger partial charge in [0.15, 0.2) is 11.6 Å². The van der Waals surface area contributed by atoms with Crippen LogP contribution in [-0.4, -0.2) is 61.8 Å². The van der Waals surface area contributed by atoms with Crippen LogP contribution in [0.1, 0.15) is 49.4 Å². The largest absolute Gasteiger partial charge is 0.497 e. The summed E-state index contributed by atoms with van der Waals surface area (Å²) in [4.78, 5) is 20.7. The lowest BCUT2D eigenvalue weighted by Crippen LogP contribution is -2.44. The molecule has 6 nitrogen and oxygen atoms in total. The van der Waals surface area contributed by atoms with Crippen molar-refractivity contribution in [2.45, 2.75) is 44.7 Å². The molecule has 0 radical (unpaired) electrons. The Balaban J connectivity index is 1.41. The smallest absolute Gasteiger partial charge is 0.309 e. The van der Waals surface area contributed by atoms with E-state index in [1.54, 1.807) is 36.4 Å². The Labute approximate surface area is 231 Å². The number of nitrogens with zero attached hydrogens (tertiary/aromatic N) is 3. The van der Waals surface area contributed by atoms with Crippen LogP contribution >= 0.6 is 0 Å². The van der Waals surface area contributed by atoms with Crippen molar-refractivity contribution in [3.05, 3.63) is 65.1 Å². The Morgan fingerprint density at radius 1 is 1.18 bits per heavy atom. The minimum atomic E-state index is -1.41. The van der Waals surface area contributed by atoms with Crippen LogP contribution in [0, 0.1) is 22.9 Å². The topological polar surface area (TPSA) is 65.9 Å². The molecule has 2 heterocycles. The van der Waals surface area contributed by atoms with Gasteiger partial charge in [-0.05, 0) is 88.0 Å². The van der Waals surface area contributed by atoms with Gasteiger partial charge in [0, 0.05) is 31.1 Å². The lowest BCUT2D eigenvalue weighted by molar-refractivity contribution is -0.153. The summed E-state index contributed by atoms with van der Waals surface area (Å²) in [5, 5.41) is 10.8. The molecule has 40 heavy (non-hydrogen) atoms. The number of likely N-dealkylation sites (tertiary alicyclic amines) is 1. The summed E-state index contributed by atoms with van der Waals surface area (Å²) in [6, 6.07) is 6.82. The molecular weight excluding hydrogens is 526 g/mol. The van der Waals surface area contributed by atoms with Crippen molar-refractivity contribution < 1.29 is 32.2 Å². The number of anilines is 1. The van der Waals surface area contributed by atoms with Gasteiger partial charge in [0.2, 0.25) is 0 Å². The number of piperidine rings is 1. The summed E-state index contributed by atoms with van der Waals surface area (Å²) in [5.41, 5.74) is 0.653. The zero-order chi connectivity index (χ0) is 29.0. The number of hydrogen-bond acceptors (Lipinski definition) is 5. The van der Waals surface area contributed by atoms with E-state index < -0.39 is 35.0 Å². The summed E-state index contributed by atoms with van der Waals surface area (Å²) in [5.74, 6) is -3.42. The van der Waals surface area contributed by atoms with Crippen LogP contribution in [0.25, 0.3) is 10.9 Å². The molecule has 1 fully saturated rings. The highest BCUT2D eigenvalue weighted by atomic mass is 19.2. The number of methoxy groups -OCH3 is 1. The van der Waals surface area contributed by atoms with Crippen molar-refractivity contribution in [1.82, 2.24) is 9.88 Å². The molecule has 1 aliphatic heterocycles. The third-order valence-electron chi connectivity index (χ3n) is 8.02. The van der Waals surface area contributed by atoms with E-state index in [2.05, 4.69) is 9.88 Å². The predicted molar refractivity (Wildman–Crippen MR) is 146 cm³/mol. The maximum atomic E-state index is 16.0. The Hall–Kier alpha value is -3.40. The van der Waals surface area contributed by atoms with Gasteiger partial charge < -0.3 is 19.6 Å². The van der Waals surface area contributed by atoms with Crippen molar-refractivity contribution in [1.29, 1.82) is 0 Å². The highest BCUT2D eigenvalue weighted by Crippen LogP contribution is 2.43. The number of carbonyl (C=O) groups is 1. The number of alkyl halides is 1. The Morgan fingerprint density at radius 2 is 1.90 bits per heavy atom. The van der Waals surface area contributed by atoms with Gasteiger partial charge in [-0.2, -0.15) is 0 Å². The van der Waals surface area contributed by atoms with Gasteiger partial charge in [0.25, 0.3) is 0 Å². The van der Waals surface area contributed by atoms with E-state index >= 15 is 4.39 Å². The number of ether oxygens (including phenoxy) is 1. The van der Waals surface area contributed by atoms with E-state index in [1.165, 1.54) is 0 Å². The van der Waals surface area contributed by atoms with Gasteiger partial charge in [0.1, 0.15) is 17.7 Å². The summed E-state index contributed by atoms with van der Waals surface area (Å²) in [6.45, 7) is 1.51. The van der Waals surface area contributed by atoms with E-state index in [0.29, 0.717) is 72.9 Å². The molecule has 0 amide bonds. The Kier molecular flexibility index (Phi) is 9.18. The van der Waals surface area contributed by atoms with E-state index in [4.69, 9.17) is 4.74 Å². The molecule has 10 heteroatoms. The molecule has 1 atom stereocenters. The quantitative estimate of drug-likeness (QED) is 0.218. The summed E-state index contributed by atoms with van der Waals surface area (Å²) < 4.78 is 62.2. The fourth-order valence-electron chi connectivity index (χ4n) is 5.60. The summed E-state index contributed by atoms with van der Waals surface area (Å²) >= 11 is 0. The van der Waals surface area contributed by atoms with Crippen LogP contribution in [0.5, 0.6) is 5.75 Å². The number of benzene rings is 2. The molecule has 4 rings (SSSR count). The number of carboxylic acids is 1. The molecule has 2 aromatic carbocycles. The molecule has 3 aromatic rings. The molecule has 1 saturated heterocycles. The fraction of sp³-hybridized carbons (Fsp3) is 0.467. The van der Waals surface area contributed by atoms with Gasteiger partial charge in [-0.25, -0.2) is 17.6 Å². The number of carboxylic acid groups (broad SMARTS) is 1. The van der Waals surface area contributed by atoms with Crippen LogP contribution in [0.15, 0.2) is 36.5 Å². The second-order valence-corrected chi connectivity index (χ2v) is 10.7. The van der Waals surface area contributed by atoms with E-state index in [-0.39, 0.29) is 24.8 Å². The van der Waals surface area contributed by atoms with Gasteiger partial charge in [-0.15, -0.1) is 0 Å². The maximum absolute atomic E-state index is 16.0. The first kappa shape index (κ1) is 29.6. The van der Waals surface area contributed by atoms with Crippen molar-refractivity contribution in [2.24, 2.45) is 5.41 Å². The summed E-state index contributed by atoms with van der Waals surface area (Å²) in [6.07, 6.45) is 1.77. The average Bonchev–Trinajstić information content (AvgIpc) is 2.93. The second kappa shape index (κ2) is 12.4. The van der Waals surface area contributed by atoms with Gasteiger partial charge >= 0.3 is 5.97 Å². The van der Waals surface area contributed by atoms with Crippen molar-refractivity contribution in [3.8, 4) is 5.75 Å². The molecule has 1 aromatic heterocycles. The zero-order valence-corrected chi connectivity index (χ0v) is 23.0. The lowest BCUT2D eigenvalue weighted by atomic mass is 9.74. The number of aryl methyl sites for hydroxylation is 1. The maximum Gasteiger partial charge on any atom is 0.309 e. The first-order valence-corrected chi connectivity index (χ1v) is 13.4. The van der Waals surface area contributed by atoms with E-state index in [9.17, 15) is 23.1 Å². The number of rotatable bonds is 11. The first-order valence-electron chi connectivity index (χ1n) is 13.4. The van der Waals surface area contributed by atoms with Crippen LogP contribution in [0.4, 0.5) is 23.2 Å². The zero-order valence-electron chi connectivity index (χ0n) is 23.0. The molecular formula is C30H35F4N3O3. The SMILES string of the molecule is COc1ccc2ncc(N(C)C)c(C(F)CCC3(C(=O)O)CCN(CCCc4cc(F)cc(F)c4F)CC3)c2c1. The molecule has 0 saturated carbocycles. The van der Waals surface area contributed by atoms with Crippen LogP contribution < -0.4 is 9.64 Å². The van der Waals surface area contributed by atoms with Crippen molar-refractivity contribution in [2.75, 3.05) is 45.7 Å². The molecule has 1 N–H and O–H groups in total. The summed E-state index contributed by atoms with van der Waals surface area (Å²) in [7, 11) is 5.17. The van der Waals surface area contributed by atoms with E-state index in [1.807, 2.05) is 14.1 Å². The minimum absolute atomic E-state index is 0.0123. The molecule has 0 spiro atoms. The number of pyridine rings is 1. The van der Waals surface area contributed by atoms with Crippen LogP contribution in [0.2, 0.25) is 0 Å². The molecule has 1 unspecified atom stereocenters. The lowest BCUT2D eigenvalue weighted by Gasteiger charge is -2.39. The van der Waals surface area contributed by atoms with Gasteiger partial charge in [-0.1, -0.05) is 0 Å². The molecule has 0 bridgehead atoms. The van der Waals surface area contributed by atoms with Crippen LogP contribution in [-0.2, 0) is 11.2 Å². The number of hydrogen-bond donors (Lipinski definition) is 1. The van der Waals surface area contributed by atoms with Crippen molar-refractivity contribution >= 4 is 22.6 Å². The van der Waals surface area contributed by atoms with E-state index in [0.717, 1.165) is 6.07 Å². The van der Waals surface area contributed by atoms with Gasteiger partial charge in [0.05, 0.1) is 29.9 Å². The standard InChI is InChI=1S/C30H35F4N3O3/c1-36(2)26-18-35-25-7-6-21(40-3)17-22(25)27(26)23(32)8-9-30(29(38)39)10-13-37(14-11-30)12-4-5-19-15-20(31)16-24(33)28(19)34/h6-7,15-18,23H,4-5,8-14H2,1-3H3,(H,38,39). The van der Waals surface area contributed by atoms with Crippen LogP contribution in [0.3, 0.4) is 0 Å².